The van der Waals surface area contributed by atoms with E-state index in [1.165, 1.54) is 0 Å². The van der Waals surface area contributed by atoms with Gasteiger partial charge in [-0.2, -0.15) is 0 Å². The number of hydrogen-bond acceptors (Lipinski definition) is 3. The van der Waals surface area contributed by atoms with Crippen molar-refractivity contribution in [2.45, 2.75) is 13.5 Å². The van der Waals surface area contributed by atoms with Crippen molar-refractivity contribution in [3.63, 3.8) is 0 Å². The summed E-state index contributed by atoms with van der Waals surface area (Å²) >= 11 is 0. The molecule has 0 saturated heterocycles. The number of rotatable bonds is 3. The third kappa shape index (κ3) is 2.89. The number of carbonyl (C=O) groups is 1. The van der Waals surface area contributed by atoms with Gasteiger partial charge in [-0.1, -0.05) is 18.2 Å². The monoisotopic (exact) mass is 277 g/mol. The lowest BCUT2D eigenvalue weighted by molar-refractivity contribution is 0.0951. The largest absolute Gasteiger partial charge is 0.348 e. The van der Waals surface area contributed by atoms with Crippen LogP contribution in [0.5, 0.6) is 0 Å². The van der Waals surface area contributed by atoms with Gasteiger partial charge < -0.3 is 5.32 Å². The first-order valence-corrected chi connectivity index (χ1v) is 6.77. The van der Waals surface area contributed by atoms with Gasteiger partial charge in [-0.25, -0.2) is 0 Å². The number of fused-ring (bicyclic) bond motifs is 1. The van der Waals surface area contributed by atoms with E-state index >= 15 is 0 Å². The summed E-state index contributed by atoms with van der Waals surface area (Å²) in [5, 5.41) is 4.01. The van der Waals surface area contributed by atoms with Gasteiger partial charge in [0.2, 0.25) is 0 Å². The number of aryl methyl sites for hydroxylation is 1. The second kappa shape index (κ2) is 5.71. The molecule has 0 atom stereocenters. The van der Waals surface area contributed by atoms with Crippen LogP contribution in [0.2, 0.25) is 0 Å². The van der Waals surface area contributed by atoms with Gasteiger partial charge in [0.05, 0.1) is 5.52 Å². The summed E-state index contributed by atoms with van der Waals surface area (Å²) in [7, 11) is 0. The first kappa shape index (κ1) is 13.2. The number of nitrogens with one attached hydrogen (secondary N) is 1. The molecule has 0 fully saturated rings. The highest BCUT2D eigenvalue weighted by molar-refractivity contribution is 5.94. The summed E-state index contributed by atoms with van der Waals surface area (Å²) in [6.45, 7) is 2.44. The SMILES string of the molecule is Cc1cc(CNC(=O)c2ccncc2)c2ccccc2n1. The second-order valence-electron chi connectivity index (χ2n) is 4.86. The Bertz CT molecular complexity index is 784. The van der Waals surface area contributed by atoms with Gasteiger partial charge in [0.1, 0.15) is 0 Å². The van der Waals surface area contributed by atoms with E-state index in [2.05, 4.69) is 15.3 Å². The molecule has 3 rings (SSSR count). The van der Waals surface area contributed by atoms with Crippen LogP contribution < -0.4 is 5.32 Å². The lowest BCUT2D eigenvalue weighted by Gasteiger charge is -2.09. The summed E-state index contributed by atoms with van der Waals surface area (Å²) in [6, 6.07) is 13.4. The van der Waals surface area contributed by atoms with E-state index in [-0.39, 0.29) is 5.91 Å². The minimum atomic E-state index is -0.101. The molecule has 0 unspecified atom stereocenters. The quantitative estimate of drug-likeness (QED) is 0.801. The molecule has 2 heterocycles. The molecule has 1 amide bonds. The molecule has 21 heavy (non-hydrogen) atoms. The van der Waals surface area contributed by atoms with Gasteiger partial charge in [-0.05, 0) is 36.8 Å². The second-order valence-corrected chi connectivity index (χ2v) is 4.86. The van der Waals surface area contributed by atoms with E-state index in [0.29, 0.717) is 12.1 Å². The predicted octanol–water partition coefficient (Wildman–Crippen LogP) is 2.87. The molecule has 4 nitrogen and oxygen atoms in total. The Kier molecular flexibility index (Phi) is 3.60. The maximum absolute atomic E-state index is 12.1. The average molecular weight is 277 g/mol. The van der Waals surface area contributed by atoms with Gasteiger partial charge in [0, 0.05) is 35.6 Å². The van der Waals surface area contributed by atoms with Crippen LogP contribution in [-0.2, 0) is 6.54 Å². The van der Waals surface area contributed by atoms with Crippen LogP contribution >= 0.6 is 0 Å². The van der Waals surface area contributed by atoms with Gasteiger partial charge in [-0.3, -0.25) is 14.8 Å². The molecule has 1 aromatic carbocycles. The third-order valence-corrected chi connectivity index (χ3v) is 3.31. The van der Waals surface area contributed by atoms with E-state index in [9.17, 15) is 4.79 Å². The van der Waals surface area contributed by atoms with E-state index in [4.69, 9.17) is 0 Å². The molecule has 0 aliphatic rings. The van der Waals surface area contributed by atoms with Crippen molar-refractivity contribution in [2.75, 3.05) is 0 Å². The fraction of sp³-hybridized carbons (Fsp3) is 0.118. The standard InChI is InChI=1S/C17H15N3O/c1-12-10-14(15-4-2-3-5-16(15)20-12)11-19-17(21)13-6-8-18-9-7-13/h2-10H,11H2,1H3,(H,19,21). The van der Waals surface area contributed by atoms with Crippen molar-refractivity contribution in [1.82, 2.24) is 15.3 Å². The molecule has 0 saturated carbocycles. The Morgan fingerprint density at radius 1 is 1.14 bits per heavy atom. The molecule has 0 spiro atoms. The molecule has 4 heteroatoms. The molecule has 0 aliphatic heterocycles. The molecule has 0 radical (unpaired) electrons. The topological polar surface area (TPSA) is 54.9 Å². The Hall–Kier alpha value is -2.75. The number of benzene rings is 1. The number of pyridine rings is 2. The number of aromatic nitrogens is 2. The molecule has 0 aliphatic carbocycles. The maximum atomic E-state index is 12.1. The van der Waals surface area contributed by atoms with Crippen LogP contribution in [0.25, 0.3) is 10.9 Å². The van der Waals surface area contributed by atoms with Crippen molar-refractivity contribution in [3.8, 4) is 0 Å². The van der Waals surface area contributed by atoms with Gasteiger partial charge in [0.15, 0.2) is 0 Å². The number of hydrogen-bond donors (Lipinski definition) is 1. The highest BCUT2D eigenvalue weighted by Crippen LogP contribution is 2.18. The molecule has 3 aromatic rings. The van der Waals surface area contributed by atoms with Crippen LogP contribution in [0.4, 0.5) is 0 Å². The van der Waals surface area contributed by atoms with Crippen LogP contribution in [-0.4, -0.2) is 15.9 Å². The van der Waals surface area contributed by atoms with Crippen molar-refractivity contribution in [3.05, 3.63) is 71.7 Å². The maximum Gasteiger partial charge on any atom is 0.251 e. The number of amides is 1. The summed E-state index contributed by atoms with van der Waals surface area (Å²) in [5.41, 5.74) is 3.58. The Morgan fingerprint density at radius 2 is 1.90 bits per heavy atom. The Balaban J connectivity index is 1.84. The first-order chi connectivity index (χ1) is 10.2. The number of nitrogens with zero attached hydrogens (tertiary/aromatic N) is 2. The fourth-order valence-electron chi connectivity index (χ4n) is 2.32. The van der Waals surface area contributed by atoms with Crippen molar-refractivity contribution in [1.29, 1.82) is 0 Å². The summed E-state index contributed by atoms with van der Waals surface area (Å²) in [5.74, 6) is -0.101. The predicted molar refractivity (Wildman–Crippen MR) is 81.9 cm³/mol. The van der Waals surface area contributed by atoms with Gasteiger partial charge in [-0.15, -0.1) is 0 Å². The van der Waals surface area contributed by atoms with Crippen molar-refractivity contribution in [2.24, 2.45) is 0 Å². The van der Waals surface area contributed by atoms with Gasteiger partial charge >= 0.3 is 0 Å². The lowest BCUT2D eigenvalue weighted by atomic mass is 10.1. The molecular formula is C17H15N3O. The number of carbonyl (C=O) groups excluding carboxylic acids is 1. The molecule has 2 aromatic heterocycles. The minimum Gasteiger partial charge on any atom is -0.348 e. The third-order valence-electron chi connectivity index (χ3n) is 3.31. The molecule has 1 N–H and O–H groups in total. The zero-order valence-electron chi connectivity index (χ0n) is 11.7. The normalized spacial score (nSPS) is 10.5. The summed E-state index contributed by atoms with van der Waals surface area (Å²) in [6.07, 6.45) is 3.22. The zero-order chi connectivity index (χ0) is 14.7. The molecule has 0 bridgehead atoms. The number of para-hydroxylation sites is 1. The van der Waals surface area contributed by atoms with E-state index in [1.807, 2.05) is 37.3 Å². The Morgan fingerprint density at radius 3 is 2.71 bits per heavy atom. The summed E-state index contributed by atoms with van der Waals surface area (Å²) in [4.78, 5) is 20.5. The first-order valence-electron chi connectivity index (χ1n) is 6.77. The van der Waals surface area contributed by atoms with Crippen molar-refractivity contribution >= 4 is 16.8 Å². The van der Waals surface area contributed by atoms with Crippen LogP contribution in [0.1, 0.15) is 21.6 Å². The Labute approximate surface area is 122 Å². The van der Waals surface area contributed by atoms with Crippen LogP contribution in [0.15, 0.2) is 54.9 Å². The average Bonchev–Trinajstić information content (AvgIpc) is 2.53. The van der Waals surface area contributed by atoms with Crippen molar-refractivity contribution < 1.29 is 4.79 Å². The highest BCUT2D eigenvalue weighted by Gasteiger charge is 2.07. The van der Waals surface area contributed by atoms with E-state index in [1.54, 1.807) is 24.5 Å². The fourth-order valence-corrected chi connectivity index (χ4v) is 2.32. The van der Waals surface area contributed by atoms with E-state index in [0.717, 1.165) is 22.2 Å². The van der Waals surface area contributed by atoms with Crippen LogP contribution in [0.3, 0.4) is 0 Å². The van der Waals surface area contributed by atoms with Gasteiger partial charge in [0.25, 0.3) is 5.91 Å². The van der Waals surface area contributed by atoms with Crippen LogP contribution in [0, 0.1) is 6.92 Å². The van der Waals surface area contributed by atoms with E-state index < -0.39 is 0 Å². The highest BCUT2D eigenvalue weighted by atomic mass is 16.1. The lowest BCUT2D eigenvalue weighted by Crippen LogP contribution is -2.23. The molecule has 104 valence electrons. The summed E-state index contributed by atoms with van der Waals surface area (Å²) < 4.78 is 0. The molecular weight excluding hydrogens is 262 g/mol. The minimum absolute atomic E-state index is 0.101. The zero-order valence-corrected chi connectivity index (χ0v) is 11.7. The smallest absolute Gasteiger partial charge is 0.251 e.